The molecule has 0 radical (unpaired) electrons. The fourth-order valence-electron chi connectivity index (χ4n) is 3.82. The molecule has 1 amide bonds. The monoisotopic (exact) mass is 349 g/mol. The average molecular weight is 349 g/mol. The van der Waals surface area contributed by atoms with Crippen molar-refractivity contribution in [3.63, 3.8) is 0 Å². The van der Waals surface area contributed by atoms with Crippen LogP contribution in [0.15, 0.2) is 48.5 Å². The number of nitrogens with one attached hydrogen (secondary N) is 1. The van der Waals surface area contributed by atoms with Crippen molar-refractivity contribution in [3.05, 3.63) is 65.4 Å². The molecule has 5 heteroatoms. The van der Waals surface area contributed by atoms with Crippen molar-refractivity contribution in [2.45, 2.75) is 12.6 Å². The summed E-state index contributed by atoms with van der Waals surface area (Å²) in [7, 11) is 5.65. The molecule has 2 aromatic carbocycles. The van der Waals surface area contributed by atoms with E-state index in [1.54, 1.807) is 7.11 Å². The Hall–Kier alpha value is -2.79. The van der Waals surface area contributed by atoms with E-state index in [4.69, 9.17) is 4.74 Å². The molecule has 4 rings (SSSR count). The molecule has 134 valence electrons. The van der Waals surface area contributed by atoms with Gasteiger partial charge >= 0.3 is 0 Å². The second kappa shape index (κ2) is 6.50. The lowest BCUT2D eigenvalue weighted by molar-refractivity contribution is 0.0933. The quantitative estimate of drug-likeness (QED) is 0.787. The molecule has 0 saturated heterocycles. The van der Waals surface area contributed by atoms with Crippen LogP contribution in [-0.2, 0) is 13.6 Å². The predicted molar refractivity (Wildman–Crippen MR) is 102 cm³/mol. The van der Waals surface area contributed by atoms with Crippen LogP contribution in [0.4, 0.5) is 0 Å². The summed E-state index contributed by atoms with van der Waals surface area (Å²) in [6.07, 6.45) is 0. The topological polar surface area (TPSA) is 46.5 Å². The van der Waals surface area contributed by atoms with Gasteiger partial charge in [-0.15, -0.1) is 0 Å². The molecule has 1 unspecified atom stereocenters. The molecule has 1 aromatic heterocycles. The molecule has 0 fully saturated rings. The molecule has 5 nitrogen and oxygen atoms in total. The van der Waals surface area contributed by atoms with Crippen molar-refractivity contribution in [3.8, 4) is 5.75 Å². The molecule has 2 heterocycles. The summed E-state index contributed by atoms with van der Waals surface area (Å²) >= 11 is 0. The summed E-state index contributed by atoms with van der Waals surface area (Å²) in [5.41, 5.74) is 4.28. The van der Waals surface area contributed by atoms with Crippen LogP contribution in [0.3, 0.4) is 0 Å². The number of methoxy groups -OCH3 is 1. The average Bonchev–Trinajstić information content (AvgIpc) is 3.16. The summed E-state index contributed by atoms with van der Waals surface area (Å²) < 4.78 is 7.20. The van der Waals surface area contributed by atoms with Gasteiger partial charge < -0.3 is 14.6 Å². The fraction of sp³-hybridized carbons (Fsp3) is 0.286. The highest BCUT2D eigenvalue weighted by Crippen LogP contribution is 2.31. The van der Waals surface area contributed by atoms with E-state index in [0.29, 0.717) is 12.2 Å². The number of nitrogens with zero attached hydrogens (tertiary/aromatic N) is 2. The predicted octanol–water partition coefficient (Wildman–Crippen LogP) is 3.10. The number of hydrogen-bond acceptors (Lipinski definition) is 3. The second-order valence-corrected chi connectivity index (χ2v) is 6.85. The first-order chi connectivity index (χ1) is 12.6. The minimum Gasteiger partial charge on any atom is -0.497 e. The van der Waals surface area contributed by atoms with Crippen LogP contribution < -0.4 is 10.1 Å². The van der Waals surface area contributed by atoms with Crippen molar-refractivity contribution >= 4 is 16.8 Å². The Morgan fingerprint density at radius 3 is 2.81 bits per heavy atom. The molecule has 0 saturated carbocycles. The van der Waals surface area contributed by atoms with Gasteiger partial charge in [-0.05, 0) is 36.4 Å². The van der Waals surface area contributed by atoms with Gasteiger partial charge in [0, 0.05) is 31.6 Å². The van der Waals surface area contributed by atoms with Crippen LogP contribution in [0.25, 0.3) is 10.9 Å². The maximum atomic E-state index is 12.8. The molecular formula is C21H23N3O2. The van der Waals surface area contributed by atoms with Crippen molar-refractivity contribution in [1.29, 1.82) is 0 Å². The Kier molecular flexibility index (Phi) is 4.17. The van der Waals surface area contributed by atoms with Crippen LogP contribution in [0, 0.1) is 0 Å². The van der Waals surface area contributed by atoms with Crippen molar-refractivity contribution < 1.29 is 9.53 Å². The number of likely N-dealkylation sites (N-methyl/N-ethyl adjacent to an activating group) is 1. The van der Waals surface area contributed by atoms with Crippen LogP contribution in [0.2, 0.25) is 0 Å². The molecule has 1 aliphatic rings. The van der Waals surface area contributed by atoms with Crippen LogP contribution >= 0.6 is 0 Å². The normalized spacial score (nSPS) is 16.7. The lowest BCUT2D eigenvalue weighted by atomic mass is 10.1. The van der Waals surface area contributed by atoms with Gasteiger partial charge in [0.1, 0.15) is 11.4 Å². The van der Waals surface area contributed by atoms with E-state index < -0.39 is 0 Å². The summed E-state index contributed by atoms with van der Waals surface area (Å²) in [5.74, 6) is 0.732. The molecular weight excluding hydrogens is 326 g/mol. The maximum Gasteiger partial charge on any atom is 0.267 e. The number of carbonyl (C=O) groups excluding carboxylic acids is 1. The number of aryl methyl sites for hydroxylation is 1. The molecule has 1 N–H and O–H groups in total. The number of hydrogen-bond donors (Lipinski definition) is 1. The van der Waals surface area contributed by atoms with Crippen LogP contribution in [0.1, 0.15) is 27.7 Å². The summed E-state index contributed by atoms with van der Waals surface area (Å²) in [5, 5.41) is 4.14. The Labute approximate surface area is 153 Å². The molecule has 1 atom stereocenters. The lowest BCUT2D eigenvalue weighted by Crippen LogP contribution is -2.33. The third-order valence-electron chi connectivity index (χ3n) is 5.31. The van der Waals surface area contributed by atoms with Crippen molar-refractivity contribution in [2.24, 2.45) is 7.05 Å². The molecule has 0 spiro atoms. The summed E-state index contributed by atoms with van der Waals surface area (Å²) in [6, 6.07) is 16.4. The zero-order valence-corrected chi connectivity index (χ0v) is 15.3. The van der Waals surface area contributed by atoms with Gasteiger partial charge in [0.25, 0.3) is 5.91 Å². The van der Waals surface area contributed by atoms with Gasteiger partial charge in [-0.1, -0.05) is 24.3 Å². The highest BCUT2D eigenvalue weighted by atomic mass is 16.5. The first-order valence-corrected chi connectivity index (χ1v) is 8.78. The highest BCUT2D eigenvalue weighted by Gasteiger charge is 2.27. The zero-order chi connectivity index (χ0) is 18.3. The Balaban J connectivity index is 1.54. The Bertz CT molecular complexity index is 977. The van der Waals surface area contributed by atoms with Crippen molar-refractivity contribution in [1.82, 2.24) is 14.8 Å². The molecule has 1 aliphatic heterocycles. The third-order valence-corrected chi connectivity index (χ3v) is 5.31. The van der Waals surface area contributed by atoms with Crippen LogP contribution in [-0.4, -0.2) is 36.1 Å². The minimum absolute atomic E-state index is 0.0551. The van der Waals surface area contributed by atoms with Gasteiger partial charge in [0.2, 0.25) is 0 Å². The number of amides is 1. The summed E-state index contributed by atoms with van der Waals surface area (Å²) in [6.45, 7) is 1.52. The largest absolute Gasteiger partial charge is 0.497 e. The first-order valence-electron chi connectivity index (χ1n) is 8.78. The molecule has 0 bridgehead atoms. The number of aromatic nitrogens is 1. The first kappa shape index (κ1) is 16.7. The van der Waals surface area contributed by atoms with E-state index >= 15 is 0 Å². The highest BCUT2D eigenvalue weighted by molar-refractivity contribution is 5.99. The van der Waals surface area contributed by atoms with Gasteiger partial charge in [-0.25, -0.2) is 0 Å². The molecule has 0 aliphatic carbocycles. The minimum atomic E-state index is -0.0551. The van der Waals surface area contributed by atoms with E-state index in [1.807, 2.05) is 35.9 Å². The molecule has 3 aromatic rings. The molecule has 26 heavy (non-hydrogen) atoms. The van der Waals surface area contributed by atoms with E-state index in [1.165, 1.54) is 11.1 Å². The number of ether oxygens (including phenoxy) is 1. The van der Waals surface area contributed by atoms with E-state index in [2.05, 4.69) is 41.5 Å². The van der Waals surface area contributed by atoms with Gasteiger partial charge in [0.15, 0.2) is 0 Å². The van der Waals surface area contributed by atoms with E-state index in [-0.39, 0.29) is 11.9 Å². The maximum absolute atomic E-state index is 12.8. The SMILES string of the molecule is COc1ccc2cc(C(=O)NCC3c4ccccc4CN3C)n(C)c2c1. The number of fused-ring (bicyclic) bond motifs is 2. The van der Waals surface area contributed by atoms with Gasteiger partial charge in [-0.2, -0.15) is 0 Å². The van der Waals surface area contributed by atoms with Crippen molar-refractivity contribution in [2.75, 3.05) is 20.7 Å². The van der Waals surface area contributed by atoms with Crippen LogP contribution in [0.5, 0.6) is 5.75 Å². The number of rotatable bonds is 4. The second-order valence-electron chi connectivity index (χ2n) is 6.85. The van der Waals surface area contributed by atoms with Gasteiger partial charge in [-0.3, -0.25) is 9.69 Å². The summed E-state index contributed by atoms with van der Waals surface area (Å²) in [4.78, 5) is 15.1. The zero-order valence-electron chi connectivity index (χ0n) is 15.3. The van der Waals surface area contributed by atoms with E-state index in [9.17, 15) is 4.79 Å². The fourth-order valence-corrected chi connectivity index (χ4v) is 3.82. The smallest absolute Gasteiger partial charge is 0.267 e. The van der Waals surface area contributed by atoms with Gasteiger partial charge in [0.05, 0.1) is 18.7 Å². The number of benzene rings is 2. The number of carbonyl (C=O) groups is 1. The van der Waals surface area contributed by atoms with E-state index in [0.717, 1.165) is 23.2 Å². The standard InChI is InChI=1S/C21H23N3O2/c1-23-13-15-6-4-5-7-17(15)20(23)12-22-21(25)19-10-14-8-9-16(26-3)11-18(14)24(19)2/h4-11,20H,12-13H2,1-3H3,(H,22,25). The Morgan fingerprint density at radius 2 is 2.00 bits per heavy atom. The lowest BCUT2D eigenvalue weighted by Gasteiger charge is -2.21. The third kappa shape index (κ3) is 2.74. The Morgan fingerprint density at radius 1 is 1.19 bits per heavy atom.